The number of benzene rings is 1. The van der Waals surface area contributed by atoms with Crippen LogP contribution < -0.4 is 4.74 Å². The molecule has 1 aromatic carbocycles. The number of aryl methyl sites for hydroxylation is 1. The summed E-state index contributed by atoms with van der Waals surface area (Å²) in [4.78, 5) is 4.28. The average molecular weight is 252 g/mol. The lowest BCUT2D eigenvalue weighted by Gasteiger charge is -2.10. The summed E-state index contributed by atoms with van der Waals surface area (Å²) in [5.41, 5.74) is 1.89. The molecule has 1 heterocycles. The molecule has 0 atom stereocenters. The molecular formula is C13H14ClNO2. The van der Waals surface area contributed by atoms with Gasteiger partial charge in [0.15, 0.2) is 0 Å². The van der Waals surface area contributed by atoms with Crippen LogP contribution in [0.2, 0.25) is 5.02 Å². The minimum Gasteiger partial charge on any atom is -0.491 e. The van der Waals surface area contributed by atoms with Gasteiger partial charge in [-0.05, 0) is 24.6 Å². The molecule has 1 aromatic heterocycles. The minimum absolute atomic E-state index is 0.531. The van der Waals surface area contributed by atoms with Crippen LogP contribution in [0.5, 0.6) is 5.75 Å². The number of rotatable bonds is 4. The molecule has 0 N–H and O–H groups in total. The van der Waals surface area contributed by atoms with Crippen LogP contribution in [0.3, 0.4) is 0 Å². The first-order valence-electron chi connectivity index (χ1n) is 5.39. The Balaban J connectivity index is 2.35. The number of methoxy groups -OCH3 is 1. The summed E-state index contributed by atoms with van der Waals surface area (Å²) in [5, 5.41) is 1.66. The van der Waals surface area contributed by atoms with Gasteiger partial charge in [0.05, 0.1) is 17.1 Å². The molecule has 0 amide bonds. The zero-order valence-corrected chi connectivity index (χ0v) is 10.6. The highest BCUT2D eigenvalue weighted by Gasteiger charge is 2.06. The predicted octanol–water partition coefficient (Wildman–Crippen LogP) is 3.22. The molecule has 0 aliphatic heterocycles. The van der Waals surface area contributed by atoms with Crippen LogP contribution in [0.25, 0.3) is 10.9 Å². The summed E-state index contributed by atoms with van der Waals surface area (Å²) < 4.78 is 10.6. The van der Waals surface area contributed by atoms with Crippen molar-refractivity contribution in [1.82, 2.24) is 4.98 Å². The maximum absolute atomic E-state index is 6.11. The van der Waals surface area contributed by atoms with Crippen molar-refractivity contribution in [1.29, 1.82) is 0 Å². The van der Waals surface area contributed by atoms with Crippen LogP contribution >= 0.6 is 11.6 Å². The number of hydrogen-bond acceptors (Lipinski definition) is 3. The van der Waals surface area contributed by atoms with E-state index in [1.807, 2.05) is 19.1 Å². The quantitative estimate of drug-likeness (QED) is 0.782. The summed E-state index contributed by atoms with van der Waals surface area (Å²) in [6.07, 6.45) is 1.69. The first-order chi connectivity index (χ1) is 8.22. The molecule has 0 bridgehead atoms. The van der Waals surface area contributed by atoms with Crippen molar-refractivity contribution in [2.75, 3.05) is 20.3 Å². The number of hydrogen-bond donors (Lipinski definition) is 0. The van der Waals surface area contributed by atoms with E-state index in [1.54, 1.807) is 19.4 Å². The Bertz CT molecular complexity index is 528. The number of nitrogens with zero attached hydrogens (tertiary/aromatic N) is 1. The van der Waals surface area contributed by atoms with Gasteiger partial charge >= 0.3 is 0 Å². The SMILES string of the molecule is COCCOc1cc2nccc(Cl)c2cc1C. The second-order valence-corrected chi connectivity index (χ2v) is 4.18. The third-order valence-corrected chi connectivity index (χ3v) is 2.86. The van der Waals surface area contributed by atoms with Crippen LogP contribution in [-0.4, -0.2) is 25.3 Å². The molecule has 0 radical (unpaired) electrons. The normalized spacial score (nSPS) is 10.8. The van der Waals surface area contributed by atoms with E-state index in [0.717, 1.165) is 22.2 Å². The van der Waals surface area contributed by atoms with Gasteiger partial charge in [-0.3, -0.25) is 4.98 Å². The fourth-order valence-corrected chi connectivity index (χ4v) is 1.85. The van der Waals surface area contributed by atoms with E-state index in [9.17, 15) is 0 Å². The predicted molar refractivity (Wildman–Crippen MR) is 68.9 cm³/mol. The van der Waals surface area contributed by atoms with Crippen molar-refractivity contribution in [3.8, 4) is 5.75 Å². The fourth-order valence-electron chi connectivity index (χ4n) is 1.64. The van der Waals surface area contributed by atoms with Gasteiger partial charge in [0.25, 0.3) is 0 Å². The molecule has 2 rings (SSSR count). The second kappa shape index (κ2) is 5.34. The summed E-state index contributed by atoms with van der Waals surface area (Å²) in [6, 6.07) is 5.69. The molecule has 17 heavy (non-hydrogen) atoms. The first kappa shape index (κ1) is 12.1. The standard InChI is InChI=1S/C13H14ClNO2/c1-9-7-10-11(14)3-4-15-12(10)8-13(9)17-6-5-16-2/h3-4,7-8H,5-6H2,1-2H3. The van der Waals surface area contributed by atoms with Gasteiger partial charge in [0, 0.05) is 24.8 Å². The Labute approximate surface area is 105 Å². The maximum atomic E-state index is 6.11. The summed E-state index contributed by atoms with van der Waals surface area (Å²) in [6.45, 7) is 3.09. The minimum atomic E-state index is 0.531. The van der Waals surface area contributed by atoms with Gasteiger partial charge in [0.1, 0.15) is 12.4 Å². The summed E-state index contributed by atoms with van der Waals surface area (Å²) in [7, 11) is 1.65. The van der Waals surface area contributed by atoms with Gasteiger partial charge in [-0.15, -0.1) is 0 Å². The molecule has 0 fully saturated rings. The lowest BCUT2D eigenvalue weighted by molar-refractivity contribution is 0.146. The number of fused-ring (bicyclic) bond motifs is 1. The van der Waals surface area contributed by atoms with Crippen molar-refractivity contribution in [3.05, 3.63) is 35.0 Å². The van der Waals surface area contributed by atoms with Gasteiger partial charge in [-0.1, -0.05) is 11.6 Å². The van der Waals surface area contributed by atoms with E-state index < -0.39 is 0 Å². The Kier molecular flexibility index (Phi) is 3.82. The Morgan fingerprint density at radius 3 is 2.88 bits per heavy atom. The van der Waals surface area contributed by atoms with Crippen LogP contribution in [0.15, 0.2) is 24.4 Å². The summed E-state index contributed by atoms with van der Waals surface area (Å²) >= 11 is 6.11. The third kappa shape index (κ3) is 2.68. The number of pyridine rings is 1. The molecule has 0 saturated carbocycles. The van der Waals surface area contributed by atoms with E-state index in [4.69, 9.17) is 21.1 Å². The molecule has 0 aliphatic rings. The molecule has 0 spiro atoms. The Morgan fingerprint density at radius 2 is 2.12 bits per heavy atom. The largest absolute Gasteiger partial charge is 0.491 e. The van der Waals surface area contributed by atoms with E-state index in [2.05, 4.69) is 4.98 Å². The van der Waals surface area contributed by atoms with Crippen LogP contribution in [0.4, 0.5) is 0 Å². The van der Waals surface area contributed by atoms with Crippen molar-refractivity contribution in [2.45, 2.75) is 6.92 Å². The van der Waals surface area contributed by atoms with Crippen LogP contribution in [0, 0.1) is 6.92 Å². The maximum Gasteiger partial charge on any atom is 0.124 e. The van der Waals surface area contributed by atoms with E-state index >= 15 is 0 Å². The van der Waals surface area contributed by atoms with Crippen molar-refractivity contribution in [2.24, 2.45) is 0 Å². The lowest BCUT2D eigenvalue weighted by Crippen LogP contribution is -2.05. The average Bonchev–Trinajstić information content (AvgIpc) is 2.31. The lowest BCUT2D eigenvalue weighted by atomic mass is 10.1. The molecule has 0 saturated heterocycles. The number of halogens is 1. The van der Waals surface area contributed by atoms with Crippen LogP contribution in [0.1, 0.15) is 5.56 Å². The first-order valence-corrected chi connectivity index (χ1v) is 5.77. The zero-order valence-electron chi connectivity index (χ0n) is 9.87. The number of ether oxygens (including phenoxy) is 2. The van der Waals surface area contributed by atoms with Gasteiger partial charge in [-0.2, -0.15) is 0 Å². The highest BCUT2D eigenvalue weighted by Crippen LogP contribution is 2.28. The zero-order chi connectivity index (χ0) is 12.3. The number of aromatic nitrogens is 1. The summed E-state index contributed by atoms with van der Waals surface area (Å²) in [5.74, 6) is 0.823. The van der Waals surface area contributed by atoms with E-state index in [1.165, 1.54) is 0 Å². The Morgan fingerprint density at radius 1 is 1.29 bits per heavy atom. The fraction of sp³-hybridized carbons (Fsp3) is 0.308. The second-order valence-electron chi connectivity index (χ2n) is 3.77. The molecule has 90 valence electrons. The van der Waals surface area contributed by atoms with Crippen LogP contribution in [-0.2, 0) is 4.74 Å². The van der Waals surface area contributed by atoms with E-state index in [0.29, 0.717) is 18.2 Å². The topological polar surface area (TPSA) is 31.4 Å². The molecule has 0 unspecified atom stereocenters. The monoisotopic (exact) mass is 251 g/mol. The van der Waals surface area contributed by atoms with Crippen molar-refractivity contribution < 1.29 is 9.47 Å². The van der Waals surface area contributed by atoms with Crippen molar-refractivity contribution >= 4 is 22.5 Å². The molecule has 2 aromatic rings. The smallest absolute Gasteiger partial charge is 0.124 e. The molecule has 4 heteroatoms. The van der Waals surface area contributed by atoms with E-state index in [-0.39, 0.29) is 0 Å². The van der Waals surface area contributed by atoms with Crippen molar-refractivity contribution in [3.63, 3.8) is 0 Å². The Hall–Kier alpha value is -1.32. The van der Waals surface area contributed by atoms with Gasteiger partial charge in [0.2, 0.25) is 0 Å². The molecule has 0 aliphatic carbocycles. The van der Waals surface area contributed by atoms with Gasteiger partial charge < -0.3 is 9.47 Å². The molecular weight excluding hydrogens is 238 g/mol. The molecule has 3 nitrogen and oxygen atoms in total. The highest BCUT2D eigenvalue weighted by atomic mass is 35.5. The third-order valence-electron chi connectivity index (χ3n) is 2.53. The van der Waals surface area contributed by atoms with Gasteiger partial charge in [-0.25, -0.2) is 0 Å². The highest BCUT2D eigenvalue weighted by molar-refractivity contribution is 6.35.